The number of fused-ring (bicyclic) bond motifs is 1. The lowest BCUT2D eigenvalue weighted by molar-refractivity contribution is -0.626. The molecule has 158 valence electrons. The summed E-state index contributed by atoms with van der Waals surface area (Å²) in [6.07, 6.45) is 0. The van der Waals surface area contributed by atoms with E-state index in [0.717, 1.165) is 16.0 Å². The Balaban J connectivity index is 1.55. The van der Waals surface area contributed by atoms with Crippen LogP contribution in [0.2, 0.25) is 0 Å². The second kappa shape index (κ2) is 6.40. The van der Waals surface area contributed by atoms with Crippen LogP contribution < -0.4 is 0 Å². The van der Waals surface area contributed by atoms with E-state index in [1.807, 2.05) is 12.1 Å². The molecule has 4 heterocycles. The van der Waals surface area contributed by atoms with Gasteiger partial charge in [-0.15, -0.1) is 22.7 Å². The summed E-state index contributed by atoms with van der Waals surface area (Å²) in [5.41, 5.74) is 0.452. The highest BCUT2D eigenvalue weighted by Gasteiger charge is 2.81. The summed E-state index contributed by atoms with van der Waals surface area (Å²) in [7, 11) is 0. The predicted molar refractivity (Wildman–Crippen MR) is 120 cm³/mol. The number of benzene rings is 1. The van der Waals surface area contributed by atoms with Crippen molar-refractivity contribution in [2.24, 2.45) is 10.8 Å². The molecule has 0 saturated carbocycles. The third-order valence-electron chi connectivity index (χ3n) is 6.41. The molecule has 2 aliphatic rings. The molecule has 2 aliphatic heterocycles. The van der Waals surface area contributed by atoms with Crippen LogP contribution in [0.4, 0.5) is 0 Å². The van der Waals surface area contributed by atoms with Crippen LogP contribution in [0.15, 0.2) is 47.8 Å². The molecule has 0 spiro atoms. The van der Waals surface area contributed by atoms with E-state index in [1.165, 1.54) is 9.75 Å². The van der Waals surface area contributed by atoms with E-state index in [0.29, 0.717) is 6.61 Å². The Morgan fingerprint density at radius 3 is 2.33 bits per heavy atom. The van der Waals surface area contributed by atoms with E-state index in [1.54, 1.807) is 28.7 Å². The minimum Gasteiger partial charge on any atom is -0.507 e. The smallest absolute Gasteiger partial charge is 0.261 e. The molecule has 2 unspecified atom stereocenters. The van der Waals surface area contributed by atoms with Crippen molar-refractivity contribution < 1.29 is 19.6 Å². The van der Waals surface area contributed by atoms with Crippen molar-refractivity contribution in [1.29, 1.82) is 0 Å². The summed E-state index contributed by atoms with van der Waals surface area (Å²) in [6, 6.07) is 14.0. The van der Waals surface area contributed by atoms with E-state index in [9.17, 15) is 5.11 Å². The van der Waals surface area contributed by atoms with Crippen LogP contribution in [0, 0.1) is 10.8 Å². The molecule has 2 saturated heterocycles. The topological polar surface area (TPSA) is 47.9 Å². The first-order chi connectivity index (χ1) is 14.1. The molecule has 0 radical (unpaired) electrons. The SMILES string of the molecule is CC(C)(C)C12OOC1(c1ccc(-c3ccc(-c4cccs4)s3)c(O)c1)OCC2(C)C. The molecule has 2 aromatic heterocycles. The van der Waals surface area contributed by atoms with Crippen molar-refractivity contribution in [3.63, 3.8) is 0 Å². The van der Waals surface area contributed by atoms with Crippen LogP contribution in [0.25, 0.3) is 20.2 Å². The second-order valence-corrected chi connectivity index (χ2v) is 11.8. The Morgan fingerprint density at radius 2 is 1.73 bits per heavy atom. The maximum Gasteiger partial charge on any atom is 0.261 e. The maximum atomic E-state index is 10.9. The van der Waals surface area contributed by atoms with Gasteiger partial charge >= 0.3 is 0 Å². The minimum absolute atomic E-state index is 0.216. The van der Waals surface area contributed by atoms with Crippen LogP contribution in [0.5, 0.6) is 5.75 Å². The zero-order valence-corrected chi connectivity index (χ0v) is 19.4. The normalized spacial score (nSPS) is 27.6. The molecule has 0 amide bonds. The zero-order valence-electron chi connectivity index (χ0n) is 17.8. The van der Waals surface area contributed by atoms with Gasteiger partial charge < -0.3 is 9.84 Å². The van der Waals surface area contributed by atoms with Gasteiger partial charge in [-0.05, 0) is 35.7 Å². The van der Waals surface area contributed by atoms with Crippen molar-refractivity contribution in [3.8, 4) is 25.9 Å². The van der Waals surface area contributed by atoms with E-state index in [2.05, 4.69) is 64.3 Å². The fraction of sp³-hybridized carbons (Fsp3) is 0.417. The van der Waals surface area contributed by atoms with Gasteiger partial charge in [0, 0.05) is 36.6 Å². The molecule has 3 aromatic rings. The van der Waals surface area contributed by atoms with E-state index in [4.69, 9.17) is 14.5 Å². The fourth-order valence-electron chi connectivity index (χ4n) is 5.22. The van der Waals surface area contributed by atoms with Gasteiger partial charge in [-0.25, -0.2) is 4.89 Å². The van der Waals surface area contributed by atoms with Gasteiger partial charge in [0.15, 0.2) is 5.60 Å². The van der Waals surface area contributed by atoms with Gasteiger partial charge in [0.25, 0.3) is 5.79 Å². The van der Waals surface area contributed by atoms with Crippen molar-refractivity contribution in [1.82, 2.24) is 0 Å². The largest absolute Gasteiger partial charge is 0.507 e. The highest BCUT2D eigenvalue weighted by Crippen LogP contribution is 2.69. The first-order valence-corrected chi connectivity index (χ1v) is 11.8. The highest BCUT2D eigenvalue weighted by atomic mass is 32.1. The molecule has 1 N–H and O–H groups in total. The molecule has 1 aromatic carbocycles. The Hall–Kier alpha value is -1.70. The molecule has 6 heteroatoms. The van der Waals surface area contributed by atoms with Gasteiger partial charge in [-0.1, -0.05) is 46.8 Å². The first-order valence-electron chi connectivity index (χ1n) is 10.1. The van der Waals surface area contributed by atoms with Gasteiger partial charge in [0.05, 0.1) is 6.61 Å². The van der Waals surface area contributed by atoms with E-state index in [-0.39, 0.29) is 16.6 Å². The highest BCUT2D eigenvalue weighted by molar-refractivity contribution is 7.23. The Bertz CT molecular complexity index is 1090. The standard InChI is InChI=1S/C24H26O4S2/c1-21(2,3)24-22(4,5)14-26-23(24,27-28-24)15-8-9-16(17(25)13-15)18-10-11-20(30-18)19-7-6-12-29-19/h6-13,25H,14H2,1-5H3. The van der Waals surface area contributed by atoms with Crippen molar-refractivity contribution in [2.45, 2.75) is 46.0 Å². The van der Waals surface area contributed by atoms with E-state index < -0.39 is 11.4 Å². The van der Waals surface area contributed by atoms with Gasteiger partial charge in [0.2, 0.25) is 0 Å². The monoisotopic (exact) mass is 442 g/mol. The van der Waals surface area contributed by atoms with Crippen LogP contribution in [0.3, 0.4) is 0 Å². The Morgan fingerprint density at radius 1 is 0.967 bits per heavy atom. The van der Waals surface area contributed by atoms with Crippen LogP contribution in [0.1, 0.15) is 40.2 Å². The molecule has 2 fully saturated rings. The summed E-state index contributed by atoms with van der Waals surface area (Å²) in [5.74, 6) is -0.810. The lowest BCUT2D eigenvalue weighted by atomic mass is 9.57. The lowest BCUT2D eigenvalue weighted by Gasteiger charge is -2.61. The first kappa shape index (κ1) is 20.2. The zero-order chi connectivity index (χ0) is 21.4. The number of aromatic hydroxyl groups is 1. The molecule has 5 rings (SSSR count). The summed E-state index contributed by atoms with van der Waals surface area (Å²) < 4.78 is 6.27. The summed E-state index contributed by atoms with van der Waals surface area (Å²) in [5, 5.41) is 13.0. The van der Waals surface area contributed by atoms with Crippen molar-refractivity contribution in [3.05, 3.63) is 53.4 Å². The van der Waals surface area contributed by atoms with Crippen molar-refractivity contribution >= 4 is 22.7 Å². The molecule has 4 nitrogen and oxygen atoms in total. The molecule has 30 heavy (non-hydrogen) atoms. The quantitative estimate of drug-likeness (QED) is 0.453. The number of phenols is 1. The number of hydrogen-bond acceptors (Lipinski definition) is 6. The average molecular weight is 443 g/mol. The summed E-state index contributed by atoms with van der Waals surface area (Å²) in [4.78, 5) is 15.1. The Labute approximate surface area is 185 Å². The third-order valence-corrected chi connectivity index (χ3v) is 8.59. The van der Waals surface area contributed by atoms with E-state index >= 15 is 0 Å². The summed E-state index contributed by atoms with van der Waals surface area (Å²) in [6.45, 7) is 11.2. The number of thiophene rings is 2. The maximum absolute atomic E-state index is 10.9. The lowest BCUT2D eigenvalue weighted by Crippen LogP contribution is -2.72. The second-order valence-electron chi connectivity index (χ2n) is 9.76. The third kappa shape index (κ3) is 2.49. The number of hydrogen-bond donors (Lipinski definition) is 1. The minimum atomic E-state index is -1.03. The van der Waals surface area contributed by atoms with Gasteiger partial charge in [-0.2, -0.15) is 4.89 Å². The number of phenolic OH excluding ortho intramolecular Hbond substituents is 1. The fourth-order valence-corrected chi connectivity index (χ4v) is 7.09. The molecular weight excluding hydrogens is 416 g/mol. The molecular formula is C24H26O4S2. The van der Waals surface area contributed by atoms with Gasteiger partial charge in [-0.3, -0.25) is 0 Å². The van der Waals surface area contributed by atoms with Crippen LogP contribution in [-0.4, -0.2) is 17.3 Å². The van der Waals surface area contributed by atoms with Crippen LogP contribution >= 0.6 is 22.7 Å². The number of rotatable bonds is 3. The number of ether oxygens (including phenoxy) is 1. The molecule has 0 aliphatic carbocycles. The molecule has 2 atom stereocenters. The van der Waals surface area contributed by atoms with Gasteiger partial charge in [0.1, 0.15) is 5.75 Å². The summed E-state index contributed by atoms with van der Waals surface area (Å²) >= 11 is 3.39. The average Bonchev–Trinajstić information content (AvgIpc) is 3.34. The van der Waals surface area contributed by atoms with Crippen molar-refractivity contribution in [2.75, 3.05) is 6.61 Å². The Kier molecular flexibility index (Phi) is 4.32. The van der Waals surface area contributed by atoms with Crippen LogP contribution in [-0.2, 0) is 20.3 Å². The predicted octanol–water partition coefficient (Wildman–Crippen LogP) is 6.81. The molecule has 0 bridgehead atoms.